The Kier molecular flexibility index (Phi) is 6.05. The first-order chi connectivity index (χ1) is 11.7. The van der Waals surface area contributed by atoms with Crippen molar-refractivity contribution in [3.63, 3.8) is 0 Å². The van der Waals surface area contributed by atoms with Gasteiger partial charge in [-0.05, 0) is 43.0 Å². The lowest BCUT2D eigenvalue weighted by Crippen LogP contribution is -2.33. The van der Waals surface area contributed by atoms with Crippen molar-refractivity contribution in [3.05, 3.63) is 52.2 Å². The molecule has 1 aromatic heterocycles. The molecule has 1 aliphatic rings. The molecular formula is C20H26N2OS. The highest BCUT2D eigenvalue weighted by molar-refractivity contribution is 7.10. The van der Waals surface area contributed by atoms with Gasteiger partial charge < -0.3 is 5.32 Å². The Morgan fingerprint density at radius 1 is 1.17 bits per heavy atom. The second-order valence-corrected chi connectivity index (χ2v) is 7.70. The molecule has 0 spiro atoms. The first kappa shape index (κ1) is 17.2. The molecule has 3 nitrogen and oxygen atoms in total. The molecule has 0 aliphatic heterocycles. The molecule has 1 fully saturated rings. The number of hydrogen-bond donors (Lipinski definition) is 1. The van der Waals surface area contributed by atoms with Crippen LogP contribution < -0.4 is 5.32 Å². The molecule has 0 atom stereocenters. The van der Waals surface area contributed by atoms with E-state index in [9.17, 15) is 4.79 Å². The van der Waals surface area contributed by atoms with E-state index in [0.717, 1.165) is 17.1 Å². The van der Waals surface area contributed by atoms with Crippen molar-refractivity contribution in [2.75, 3.05) is 12.4 Å². The van der Waals surface area contributed by atoms with Crippen molar-refractivity contribution in [2.45, 2.75) is 51.1 Å². The number of amides is 1. The number of rotatable bonds is 6. The number of anilines is 1. The van der Waals surface area contributed by atoms with Crippen LogP contribution in [0.1, 0.15) is 42.5 Å². The lowest BCUT2D eigenvalue weighted by Gasteiger charge is -2.31. The number of carbonyl (C=O) groups excluding carboxylic acids is 1. The number of benzene rings is 1. The summed E-state index contributed by atoms with van der Waals surface area (Å²) in [5.74, 6) is 0.0604. The summed E-state index contributed by atoms with van der Waals surface area (Å²) in [6.07, 6.45) is 7.10. The monoisotopic (exact) mass is 342 g/mol. The second kappa shape index (κ2) is 8.45. The smallest absolute Gasteiger partial charge is 0.229 e. The van der Waals surface area contributed by atoms with Gasteiger partial charge in [0.1, 0.15) is 0 Å². The van der Waals surface area contributed by atoms with Crippen LogP contribution in [0.3, 0.4) is 0 Å². The van der Waals surface area contributed by atoms with Crippen molar-refractivity contribution >= 4 is 22.9 Å². The molecule has 0 saturated heterocycles. The Morgan fingerprint density at radius 2 is 1.96 bits per heavy atom. The molecule has 1 saturated carbocycles. The van der Waals surface area contributed by atoms with Crippen molar-refractivity contribution < 1.29 is 4.79 Å². The van der Waals surface area contributed by atoms with E-state index in [1.807, 2.05) is 29.6 Å². The van der Waals surface area contributed by atoms with Crippen LogP contribution in [0.2, 0.25) is 0 Å². The highest BCUT2D eigenvalue weighted by atomic mass is 32.1. The van der Waals surface area contributed by atoms with Gasteiger partial charge in [-0.3, -0.25) is 9.69 Å². The predicted octanol–water partition coefficient (Wildman–Crippen LogP) is 4.69. The fourth-order valence-electron chi connectivity index (χ4n) is 3.47. The SMILES string of the molecule is CN(Cc1ccccc1NC(=O)Cc1cccs1)C1CCCCC1. The summed E-state index contributed by atoms with van der Waals surface area (Å²) in [5.41, 5.74) is 2.15. The van der Waals surface area contributed by atoms with Gasteiger partial charge in [-0.25, -0.2) is 0 Å². The molecule has 1 heterocycles. The summed E-state index contributed by atoms with van der Waals surface area (Å²) in [6.45, 7) is 0.889. The molecule has 1 aromatic carbocycles. The van der Waals surface area contributed by atoms with Gasteiger partial charge >= 0.3 is 0 Å². The van der Waals surface area contributed by atoms with Gasteiger partial charge in [-0.2, -0.15) is 0 Å². The average Bonchev–Trinajstić information content (AvgIpc) is 3.10. The Balaban J connectivity index is 1.62. The van der Waals surface area contributed by atoms with Crippen molar-refractivity contribution in [3.8, 4) is 0 Å². The number of thiophene rings is 1. The standard InChI is InChI=1S/C20H26N2OS/c1-22(17-9-3-2-4-10-17)15-16-8-5-6-12-19(16)21-20(23)14-18-11-7-13-24-18/h5-8,11-13,17H,2-4,9-10,14-15H2,1H3,(H,21,23). The fraction of sp³-hybridized carbons (Fsp3) is 0.450. The van der Waals surface area contributed by atoms with Crippen LogP contribution in [-0.2, 0) is 17.8 Å². The van der Waals surface area contributed by atoms with Gasteiger partial charge in [-0.1, -0.05) is 43.5 Å². The molecule has 2 aromatic rings. The molecule has 4 heteroatoms. The quantitative estimate of drug-likeness (QED) is 0.826. The van der Waals surface area contributed by atoms with Crippen LogP contribution in [-0.4, -0.2) is 23.9 Å². The van der Waals surface area contributed by atoms with Crippen LogP contribution in [0.4, 0.5) is 5.69 Å². The van der Waals surface area contributed by atoms with E-state index in [1.54, 1.807) is 11.3 Å². The largest absolute Gasteiger partial charge is 0.325 e. The Hall–Kier alpha value is -1.65. The van der Waals surface area contributed by atoms with Crippen LogP contribution in [0.5, 0.6) is 0 Å². The highest BCUT2D eigenvalue weighted by Crippen LogP contribution is 2.25. The lowest BCUT2D eigenvalue weighted by molar-refractivity contribution is -0.115. The van der Waals surface area contributed by atoms with Crippen LogP contribution in [0.15, 0.2) is 41.8 Å². The Morgan fingerprint density at radius 3 is 2.71 bits per heavy atom. The summed E-state index contributed by atoms with van der Waals surface area (Å²) in [5, 5.41) is 5.11. The van der Waals surface area contributed by atoms with Gasteiger partial charge in [0.05, 0.1) is 6.42 Å². The maximum atomic E-state index is 12.3. The maximum absolute atomic E-state index is 12.3. The molecule has 128 valence electrons. The predicted molar refractivity (Wildman–Crippen MR) is 101 cm³/mol. The lowest BCUT2D eigenvalue weighted by atomic mass is 9.94. The summed E-state index contributed by atoms with van der Waals surface area (Å²) in [6, 6.07) is 12.8. The van der Waals surface area contributed by atoms with Gasteiger partial charge in [0.25, 0.3) is 0 Å². The zero-order valence-corrected chi connectivity index (χ0v) is 15.1. The maximum Gasteiger partial charge on any atom is 0.229 e. The molecule has 0 unspecified atom stereocenters. The zero-order valence-electron chi connectivity index (χ0n) is 14.3. The summed E-state index contributed by atoms with van der Waals surface area (Å²) in [4.78, 5) is 15.9. The normalized spacial score (nSPS) is 15.6. The minimum Gasteiger partial charge on any atom is -0.325 e. The minimum absolute atomic E-state index is 0.0604. The van der Waals surface area contributed by atoms with Crippen LogP contribution >= 0.6 is 11.3 Å². The van der Waals surface area contributed by atoms with Gasteiger partial charge in [-0.15, -0.1) is 11.3 Å². The average molecular weight is 343 g/mol. The molecule has 1 amide bonds. The number of para-hydroxylation sites is 1. The summed E-state index contributed by atoms with van der Waals surface area (Å²) < 4.78 is 0. The highest BCUT2D eigenvalue weighted by Gasteiger charge is 2.19. The van der Waals surface area contributed by atoms with Crippen molar-refractivity contribution in [1.29, 1.82) is 0 Å². The van der Waals surface area contributed by atoms with E-state index in [0.29, 0.717) is 12.5 Å². The number of nitrogens with zero attached hydrogens (tertiary/aromatic N) is 1. The van der Waals surface area contributed by atoms with E-state index < -0.39 is 0 Å². The molecule has 0 bridgehead atoms. The molecule has 1 aliphatic carbocycles. The summed E-state index contributed by atoms with van der Waals surface area (Å²) >= 11 is 1.63. The fourth-order valence-corrected chi connectivity index (χ4v) is 4.17. The Labute approximate surface area is 148 Å². The van der Waals surface area contributed by atoms with E-state index >= 15 is 0 Å². The summed E-state index contributed by atoms with van der Waals surface area (Å²) in [7, 11) is 2.21. The third-order valence-corrected chi connectivity index (χ3v) is 5.70. The first-order valence-corrected chi connectivity index (χ1v) is 9.71. The second-order valence-electron chi connectivity index (χ2n) is 6.67. The molecule has 3 rings (SSSR count). The number of hydrogen-bond acceptors (Lipinski definition) is 3. The van der Waals surface area contributed by atoms with Crippen LogP contribution in [0, 0.1) is 0 Å². The van der Waals surface area contributed by atoms with E-state index in [4.69, 9.17) is 0 Å². The van der Waals surface area contributed by atoms with Crippen molar-refractivity contribution in [2.24, 2.45) is 0 Å². The molecule has 0 radical (unpaired) electrons. The van der Waals surface area contributed by atoms with E-state index in [1.165, 1.54) is 37.7 Å². The van der Waals surface area contributed by atoms with Crippen molar-refractivity contribution in [1.82, 2.24) is 4.90 Å². The van der Waals surface area contributed by atoms with Gasteiger partial charge in [0, 0.05) is 23.2 Å². The molecular weight excluding hydrogens is 316 g/mol. The van der Waals surface area contributed by atoms with Crippen LogP contribution in [0.25, 0.3) is 0 Å². The Bertz CT molecular complexity index is 647. The number of carbonyl (C=O) groups is 1. The first-order valence-electron chi connectivity index (χ1n) is 8.83. The van der Waals surface area contributed by atoms with E-state index in [-0.39, 0.29) is 5.91 Å². The van der Waals surface area contributed by atoms with Gasteiger partial charge in [0.15, 0.2) is 0 Å². The molecule has 24 heavy (non-hydrogen) atoms. The third kappa shape index (κ3) is 4.68. The zero-order chi connectivity index (χ0) is 16.8. The van der Waals surface area contributed by atoms with Gasteiger partial charge in [0.2, 0.25) is 5.91 Å². The number of nitrogens with one attached hydrogen (secondary N) is 1. The minimum atomic E-state index is 0.0604. The van der Waals surface area contributed by atoms with E-state index in [2.05, 4.69) is 29.4 Å². The topological polar surface area (TPSA) is 32.3 Å². The third-order valence-electron chi connectivity index (χ3n) is 4.82. The molecule has 1 N–H and O–H groups in total.